The fourth-order valence-electron chi connectivity index (χ4n) is 3.42. The molecule has 1 amide bonds. The molecule has 2 unspecified atom stereocenters. The Bertz CT molecular complexity index is 343. The Balaban J connectivity index is 0.00000200. The maximum absolute atomic E-state index is 12.5. The Hall–Kier alpha value is -0.320. The maximum Gasteiger partial charge on any atom is 0.240 e. The van der Waals surface area contributed by atoms with Gasteiger partial charge in [-0.1, -0.05) is 20.8 Å². The molecule has 0 spiro atoms. The number of fused-ring (bicyclic) bond motifs is 1. The van der Waals surface area contributed by atoms with Crippen LogP contribution in [0, 0.1) is 11.3 Å². The first-order valence-corrected chi connectivity index (χ1v) is 7.55. The largest absolute Gasteiger partial charge is 0.341 e. The van der Waals surface area contributed by atoms with Crippen molar-refractivity contribution in [3.63, 3.8) is 0 Å². The lowest BCUT2D eigenvalue weighted by Crippen LogP contribution is -2.58. The van der Waals surface area contributed by atoms with Gasteiger partial charge in [-0.15, -0.1) is 12.4 Å². The van der Waals surface area contributed by atoms with Gasteiger partial charge in [-0.25, -0.2) is 0 Å². The van der Waals surface area contributed by atoms with Crippen molar-refractivity contribution in [1.29, 1.82) is 0 Å². The second-order valence-electron chi connectivity index (χ2n) is 7.37. The molecule has 2 fully saturated rings. The summed E-state index contributed by atoms with van der Waals surface area (Å²) in [4.78, 5) is 17.0. The standard InChI is InChI=1S/C15H29N3O.ClH/c1-15(2,3)13(16)14(19)18-9-7-12-11(10-18)6-5-8-17(12)4;/h11-13H,5-10,16H2,1-4H3;1H/t11?,12?,13-;/m1./s1. The number of hydrogen-bond acceptors (Lipinski definition) is 3. The van der Waals surface area contributed by atoms with Crippen LogP contribution in [0.2, 0.25) is 0 Å². The third-order valence-corrected chi connectivity index (χ3v) is 4.86. The molecule has 0 radical (unpaired) electrons. The highest BCUT2D eigenvalue weighted by Crippen LogP contribution is 2.30. The Kier molecular flexibility index (Phi) is 5.88. The number of likely N-dealkylation sites (tertiary alicyclic amines) is 2. The van der Waals surface area contributed by atoms with Crippen LogP contribution in [0.3, 0.4) is 0 Å². The Morgan fingerprint density at radius 1 is 1.25 bits per heavy atom. The maximum atomic E-state index is 12.5. The van der Waals surface area contributed by atoms with Gasteiger partial charge in [0.1, 0.15) is 0 Å². The van der Waals surface area contributed by atoms with Gasteiger partial charge in [0.2, 0.25) is 5.91 Å². The first-order chi connectivity index (χ1) is 8.80. The molecule has 3 atom stereocenters. The number of nitrogens with two attached hydrogens (primary N) is 1. The molecule has 2 N–H and O–H groups in total. The molecule has 2 saturated heterocycles. The molecule has 118 valence electrons. The van der Waals surface area contributed by atoms with Gasteiger partial charge in [0, 0.05) is 19.1 Å². The fraction of sp³-hybridized carbons (Fsp3) is 0.933. The molecule has 20 heavy (non-hydrogen) atoms. The SMILES string of the molecule is CN1CCCC2CN(C(=O)[C@@H](N)C(C)(C)C)CCC21.Cl. The number of halogens is 1. The molecule has 0 aliphatic carbocycles. The van der Waals surface area contributed by atoms with E-state index >= 15 is 0 Å². The van der Waals surface area contributed by atoms with Crippen LogP contribution < -0.4 is 5.73 Å². The lowest BCUT2D eigenvalue weighted by molar-refractivity contribution is -0.138. The zero-order valence-electron chi connectivity index (χ0n) is 13.3. The first kappa shape index (κ1) is 17.7. The molecule has 0 saturated carbocycles. The van der Waals surface area contributed by atoms with Crippen molar-refractivity contribution in [3.05, 3.63) is 0 Å². The molecular formula is C15H30ClN3O. The molecule has 2 aliphatic heterocycles. The summed E-state index contributed by atoms with van der Waals surface area (Å²) in [7, 11) is 2.22. The first-order valence-electron chi connectivity index (χ1n) is 7.55. The van der Waals surface area contributed by atoms with Gasteiger partial charge in [-0.3, -0.25) is 4.79 Å². The molecule has 0 aromatic carbocycles. The third kappa shape index (κ3) is 3.66. The minimum absolute atomic E-state index is 0. The number of piperidine rings is 2. The number of carbonyl (C=O) groups excluding carboxylic acids is 1. The number of amides is 1. The van der Waals surface area contributed by atoms with Crippen molar-refractivity contribution in [3.8, 4) is 0 Å². The van der Waals surface area contributed by atoms with Gasteiger partial charge in [0.15, 0.2) is 0 Å². The summed E-state index contributed by atoms with van der Waals surface area (Å²) in [6.45, 7) is 9.09. The monoisotopic (exact) mass is 303 g/mol. The Labute approximate surface area is 129 Å². The van der Waals surface area contributed by atoms with E-state index in [2.05, 4.69) is 11.9 Å². The van der Waals surface area contributed by atoms with Crippen molar-refractivity contribution in [1.82, 2.24) is 9.80 Å². The predicted molar refractivity (Wildman–Crippen MR) is 85.0 cm³/mol. The van der Waals surface area contributed by atoms with Crippen molar-refractivity contribution in [2.75, 3.05) is 26.7 Å². The summed E-state index contributed by atoms with van der Waals surface area (Å²) in [6, 6.07) is 0.286. The molecule has 0 aromatic heterocycles. The summed E-state index contributed by atoms with van der Waals surface area (Å²) < 4.78 is 0. The number of carbonyl (C=O) groups is 1. The van der Waals surface area contributed by atoms with Crippen LogP contribution in [0.4, 0.5) is 0 Å². The van der Waals surface area contributed by atoms with E-state index < -0.39 is 0 Å². The third-order valence-electron chi connectivity index (χ3n) is 4.86. The molecular weight excluding hydrogens is 274 g/mol. The van der Waals surface area contributed by atoms with E-state index in [1.54, 1.807) is 0 Å². The predicted octanol–water partition coefficient (Wildman–Crippen LogP) is 1.72. The quantitative estimate of drug-likeness (QED) is 0.802. The second kappa shape index (κ2) is 6.63. The van der Waals surface area contributed by atoms with Gasteiger partial charge in [-0.2, -0.15) is 0 Å². The van der Waals surface area contributed by atoms with Crippen LogP contribution in [0.1, 0.15) is 40.0 Å². The fourth-order valence-corrected chi connectivity index (χ4v) is 3.42. The number of rotatable bonds is 1. The van der Waals surface area contributed by atoms with E-state index in [0.717, 1.165) is 19.5 Å². The molecule has 0 bridgehead atoms. The summed E-state index contributed by atoms with van der Waals surface area (Å²) in [5, 5.41) is 0. The van der Waals surface area contributed by atoms with Gasteiger partial charge in [0.05, 0.1) is 6.04 Å². The summed E-state index contributed by atoms with van der Waals surface area (Å²) in [6.07, 6.45) is 3.61. The lowest BCUT2D eigenvalue weighted by Gasteiger charge is -2.47. The summed E-state index contributed by atoms with van der Waals surface area (Å²) >= 11 is 0. The van der Waals surface area contributed by atoms with Gasteiger partial charge in [-0.05, 0) is 44.2 Å². The lowest BCUT2D eigenvalue weighted by atomic mass is 9.82. The van der Waals surface area contributed by atoms with Crippen LogP contribution in [-0.2, 0) is 4.79 Å². The van der Waals surface area contributed by atoms with Gasteiger partial charge >= 0.3 is 0 Å². The van der Waals surface area contributed by atoms with Gasteiger partial charge < -0.3 is 15.5 Å². The molecule has 4 nitrogen and oxygen atoms in total. The zero-order chi connectivity index (χ0) is 14.2. The van der Waals surface area contributed by atoms with E-state index in [4.69, 9.17) is 5.73 Å². The van der Waals surface area contributed by atoms with E-state index in [9.17, 15) is 4.79 Å². The molecule has 2 aliphatic rings. The minimum Gasteiger partial charge on any atom is -0.341 e. The highest BCUT2D eigenvalue weighted by atomic mass is 35.5. The minimum atomic E-state index is -0.384. The van der Waals surface area contributed by atoms with Crippen molar-refractivity contribution < 1.29 is 4.79 Å². The van der Waals surface area contributed by atoms with Crippen molar-refractivity contribution >= 4 is 18.3 Å². The van der Waals surface area contributed by atoms with E-state index in [0.29, 0.717) is 12.0 Å². The van der Waals surface area contributed by atoms with E-state index in [1.807, 2.05) is 25.7 Å². The number of nitrogens with zero attached hydrogens (tertiary/aromatic N) is 2. The Morgan fingerprint density at radius 2 is 1.90 bits per heavy atom. The average molecular weight is 304 g/mol. The van der Waals surface area contributed by atoms with Crippen molar-refractivity contribution in [2.24, 2.45) is 17.1 Å². The highest BCUT2D eigenvalue weighted by Gasteiger charge is 2.38. The van der Waals surface area contributed by atoms with Gasteiger partial charge in [0.25, 0.3) is 0 Å². The van der Waals surface area contributed by atoms with Crippen LogP contribution in [-0.4, -0.2) is 54.5 Å². The molecule has 2 heterocycles. The smallest absolute Gasteiger partial charge is 0.240 e. The molecule has 2 rings (SSSR count). The summed E-state index contributed by atoms with van der Waals surface area (Å²) in [5.41, 5.74) is 5.96. The van der Waals surface area contributed by atoms with Crippen molar-refractivity contribution in [2.45, 2.75) is 52.1 Å². The molecule has 0 aromatic rings. The van der Waals surface area contributed by atoms with Crippen LogP contribution >= 0.6 is 12.4 Å². The number of hydrogen-bond donors (Lipinski definition) is 1. The van der Waals surface area contributed by atoms with E-state index in [1.165, 1.54) is 19.4 Å². The van der Waals surface area contributed by atoms with Crippen LogP contribution in [0.15, 0.2) is 0 Å². The Morgan fingerprint density at radius 3 is 2.50 bits per heavy atom. The summed E-state index contributed by atoms with van der Waals surface area (Å²) in [5.74, 6) is 0.780. The topological polar surface area (TPSA) is 49.6 Å². The second-order valence-corrected chi connectivity index (χ2v) is 7.37. The van der Waals surface area contributed by atoms with Crippen LogP contribution in [0.25, 0.3) is 0 Å². The average Bonchev–Trinajstić information content (AvgIpc) is 2.36. The molecule has 5 heteroatoms. The zero-order valence-corrected chi connectivity index (χ0v) is 14.1. The van der Waals surface area contributed by atoms with Crippen LogP contribution in [0.5, 0.6) is 0 Å². The normalized spacial score (nSPS) is 29.4. The highest BCUT2D eigenvalue weighted by molar-refractivity contribution is 5.85. The van der Waals surface area contributed by atoms with E-state index in [-0.39, 0.29) is 29.8 Å².